The maximum atomic E-state index is 12.8. The lowest BCUT2D eigenvalue weighted by molar-refractivity contribution is -0.137. The van der Waals surface area contributed by atoms with E-state index in [9.17, 15) is 13.2 Å². The van der Waals surface area contributed by atoms with Crippen molar-refractivity contribution >= 4 is 17.3 Å². The van der Waals surface area contributed by atoms with Crippen molar-refractivity contribution in [3.63, 3.8) is 0 Å². The number of ether oxygens (including phenoxy) is 1. The number of aromatic nitrogens is 3. The number of benzene rings is 2. The lowest BCUT2D eigenvalue weighted by atomic mass is 10.2. The van der Waals surface area contributed by atoms with Crippen LogP contribution in [-0.4, -0.2) is 28.1 Å². The summed E-state index contributed by atoms with van der Waals surface area (Å²) in [4.78, 5) is 0. The van der Waals surface area contributed by atoms with Gasteiger partial charge in [0.25, 0.3) is 0 Å². The third-order valence-corrected chi connectivity index (χ3v) is 3.74. The van der Waals surface area contributed by atoms with Crippen LogP contribution in [0.2, 0.25) is 5.02 Å². The molecule has 25 heavy (non-hydrogen) atoms. The molecule has 2 N–H and O–H groups in total. The number of alkyl halides is 3. The fourth-order valence-electron chi connectivity index (χ4n) is 2.18. The SMILES string of the molecule is FC(F)(F)c1cc(NCCOc2cccc(-n3cn[nH]3)c2)ccc1Cl. The highest BCUT2D eigenvalue weighted by Crippen LogP contribution is 2.36. The second kappa shape index (κ2) is 7.10. The molecule has 1 aromatic heterocycles. The summed E-state index contributed by atoms with van der Waals surface area (Å²) in [7, 11) is 0. The third kappa shape index (κ3) is 4.27. The van der Waals surface area contributed by atoms with Gasteiger partial charge in [-0.2, -0.15) is 13.2 Å². The molecule has 0 saturated heterocycles. The average molecular weight is 371 g/mol. The Morgan fingerprint density at radius 2 is 2.00 bits per heavy atom. The lowest BCUT2D eigenvalue weighted by Gasteiger charge is -2.13. The van der Waals surface area contributed by atoms with Gasteiger partial charge in [-0.15, -0.1) is 5.10 Å². The Balaban J connectivity index is 1.54. The van der Waals surface area contributed by atoms with Gasteiger partial charge in [-0.3, -0.25) is 0 Å². The van der Waals surface area contributed by atoms with Gasteiger partial charge in [0.1, 0.15) is 18.7 Å². The van der Waals surface area contributed by atoms with Crippen LogP contribution < -0.4 is 10.1 Å². The summed E-state index contributed by atoms with van der Waals surface area (Å²) in [5.74, 6) is 0.647. The Morgan fingerprint density at radius 3 is 2.68 bits per heavy atom. The predicted molar refractivity (Wildman–Crippen MR) is 88.4 cm³/mol. The Hall–Kier alpha value is -2.61. The lowest BCUT2D eigenvalue weighted by Crippen LogP contribution is -2.13. The molecule has 5 nitrogen and oxygen atoms in total. The van der Waals surface area contributed by atoms with Gasteiger partial charge in [0, 0.05) is 18.3 Å². The Labute approximate surface area is 146 Å². The molecule has 0 saturated carbocycles. The number of rotatable bonds is 6. The molecule has 0 atom stereocenters. The molecule has 1 heterocycles. The summed E-state index contributed by atoms with van der Waals surface area (Å²) in [6, 6.07) is 11.0. The number of nitrogens with one attached hydrogen (secondary N) is 2. The molecular weight excluding hydrogens is 357 g/mol. The predicted octanol–water partition coefficient (Wildman–Crippen LogP) is 4.36. The standard InChI is InChI=1S/C16H14ClF3N4O/c17-15-5-4-11(8-14(15)16(18,19)20)21-6-7-25-13-3-1-2-12(9-13)24-10-22-23-24/h1-5,8-10,21,23H,6-7H2. The molecule has 0 radical (unpaired) electrons. The van der Waals surface area contributed by atoms with Gasteiger partial charge < -0.3 is 10.1 Å². The molecule has 2 aromatic carbocycles. The summed E-state index contributed by atoms with van der Waals surface area (Å²) < 4.78 is 45.8. The molecule has 0 aliphatic carbocycles. The molecule has 0 spiro atoms. The van der Waals surface area contributed by atoms with Gasteiger partial charge in [0.15, 0.2) is 0 Å². The molecule has 0 aliphatic heterocycles. The van der Waals surface area contributed by atoms with E-state index in [2.05, 4.69) is 15.6 Å². The minimum Gasteiger partial charge on any atom is -0.492 e. The normalized spacial score (nSPS) is 11.5. The quantitative estimate of drug-likeness (QED) is 0.634. The molecule has 132 valence electrons. The molecule has 0 bridgehead atoms. The van der Waals surface area contributed by atoms with Gasteiger partial charge in [0.05, 0.1) is 16.3 Å². The Bertz CT molecular complexity index is 835. The third-order valence-electron chi connectivity index (χ3n) is 3.41. The molecular formula is C16H14ClF3N4O. The highest BCUT2D eigenvalue weighted by Gasteiger charge is 2.33. The van der Waals surface area contributed by atoms with E-state index in [4.69, 9.17) is 16.3 Å². The zero-order valence-electron chi connectivity index (χ0n) is 12.8. The Morgan fingerprint density at radius 1 is 1.20 bits per heavy atom. The van der Waals surface area contributed by atoms with Crippen LogP contribution in [-0.2, 0) is 6.18 Å². The average Bonchev–Trinajstić information content (AvgIpc) is 2.51. The minimum atomic E-state index is -4.49. The fraction of sp³-hybridized carbons (Fsp3) is 0.188. The van der Waals surface area contributed by atoms with Crippen LogP contribution in [0.25, 0.3) is 5.69 Å². The summed E-state index contributed by atoms with van der Waals surface area (Å²) in [5.41, 5.74) is 0.333. The van der Waals surface area contributed by atoms with E-state index in [1.807, 2.05) is 18.2 Å². The summed E-state index contributed by atoms with van der Waals surface area (Å²) in [6.45, 7) is 0.627. The van der Waals surface area contributed by atoms with E-state index < -0.39 is 11.7 Å². The van der Waals surface area contributed by atoms with Crippen molar-refractivity contribution in [3.8, 4) is 11.4 Å². The van der Waals surface area contributed by atoms with Crippen molar-refractivity contribution in [1.29, 1.82) is 0 Å². The highest BCUT2D eigenvalue weighted by molar-refractivity contribution is 6.31. The number of aromatic amines is 1. The van der Waals surface area contributed by atoms with Gasteiger partial charge >= 0.3 is 6.18 Å². The second-order valence-electron chi connectivity index (χ2n) is 5.18. The van der Waals surface area contributed by atoms with Crippen LogP contribution in [0.4, 0.5) is 18.9 Å². The largest absolute Gasteiger partial charge is 0.492 e. The minimum absolute atomic E-state index is 0.287. The number of H-pyrrole nitrogens is 1. The first-order chi connectivity index (χ1) is 11.9. The van der Waals surface area contributed by atoms with E-state index in [0.29, 0.717) is 18.0 Å². The smallest absolute Gasteiger partial charge is 0.417 e. The van der Waals surface area contributed by atoms with Crippen LogP contribution in [0.15, 0.2) is 48.8 Å². The van der Waals surface area contributed by atoms with Crippen LogP contribution in [0, 0.1) is 0 Å². The summed E-state index contributed by atoms with van der Waals surface area (Å²) in [5, 5.41) is 9.05. The van der Waals surface area contributed by atoms with Gasteiger partial charge in [-0.25, -0.2) is 9.90 Å². The van der Waals surface area contributed by atoms with Gasteiger partial charge in [-0.05, 0) is 30.3 Å². The Kier molecular flexibility index (Phi) is 4.89. The summed E-state index contributed by atoms with van der Waals surface area (Å²) >= 11 is 5.59. The monoisotopic (exact) mass is 370 g/mol. The van der Waals surface area contributed by atoms with Crippen molar-refractivity contribution in [1.82, 2.24) is 15.0 Å². The van der Waals surface area contributed by atoms with Crippen molar-refractivity contribution in [2.24, 2.45) is 0 Å². The number of halogens is 4. The molecule has 0 amide bonds. The first-order valence-electron chi connectivity index (χ1n) is 7.35. The zero-order valence-corrected chi connectivity index (χ0v) is 13.6. The highest BCUT2D eigenvalue weighted by atomic mass is 35.5. The van der Waals surface area contributed by atoms with E-state index in [1.165, 1.54) is 12.1 Å². The first kappa shape index (κ1) is 17.2. The number of anilines is 1. The van der Waals surface area contributed by atoms with E-state index >= 15 is 0 Å². The van der Waals surface area contributed by atoms with Crippen LogP contribution in [0.3, 0.4) is 0 Å². The molecule has 0 aliphatic rings. The summed E-state index contributed by atoms with van der Waals surface area (Å²) in [6.07, 6.45) is -2.86. The molecule has 3 aromatic rings. The molecule has 0 fully saturated rings. The van der Waals surface area contributed by atoms with Crippen LogP contribution >= 0.6 is 11.6 Å². The van der Waals surface area contributed by atoms with Gasteiger partial charge in [-0.1, -0.05) is 17.7 Å². The van der Waals surface area contributed by atoms with E-state index in [1.54, 1.807) is 17.1 Å². The first-order valence-corrected chi connectivity index (χ1v) is 7.73. The molecule has 9 heteroatoms. The van der Waals surface area contributed by atoms with Crippen molar-refractivity contribution in [2.45, 2.75) is 6.18 Å². The maximum Gasteiger partial charge on any atom is 0.417 e. The molecule has 0 unspecified atom stereocenters. The maximum absolute atomic E-state index is 12.8. The number of nitrogens with zero attached hydrogens (tertiary/aromatic N) is 2. The van der Waals surface area contributed by atoms with Crippen molar-refractivity contribution in [2.75, 3.05) is 18.5 Å². The van der Waals surface area contributed by atoms with E-state index in [-0.39, 0.29) is 11.6 Å². The van der Waals surface area contributed by atoms with Crippen LogP contribution in [0.1, 0.15) is 5.56 Å². The number of hydrogen-bond donors (Lipinski definition) is 2. The molecule has 3 rings (SSSR count). The fourth-order valence-corrected chi connectivity index (χ4v) is 2.40. The second-order valence-corrected chi connectivity index (χ2v) is 5.59. The van der Waals surface area contributed by atoms with Crippen LogP contribution in [0.5, 0.6) is 5.75 Å². The van der Waals surface area contributed by atoms with E-state index in [0.717, 1.165) is 11.8 Å². The number of hydrogen-bond acceptors (Lipinski definition) is 3. The zero-order chi connectivity index (χ0) is 17.9. The van der Waals surface area contributed by atoms with Crippen molar-refractivity contribution in [3.05, 3.63) is 59.4 Å². The topological polar surface area (TPSA) is 54.9 Å². The van der Waals surface area contributed by atoms with Crippen molar-refractivity contribution < 1.29 is 17.9 Å². The van der Waals surface area contributed by atoms with Gasteiger partial charge in [0.2, 0.25) is 0 Å².